The maximum Gasteiger partial charge on any atom is 0.407 e. The van der Waals surface area contributed by atoms with Gasteiger partial charge in [-0.3, -0.25) is 4.79 Å². The number of carbonyl (C=O) groups excluding carboxylic acids is 2. The molecule has 0 radical (unpaired) electrons. The molecule has 0 bridgehead atoms. The number of rotatable bonds is 20. The van der Waals surface area contributed by atoms with Crippen LogP contribution in [-0.4, -0.2) is 68.3 Å². The number of hydrogen-bond acceptors (Lipinski definition) is 7. The Balaban J connectivity index is 3.09. The predicted octanol–water partition coefficient (Wildman–Crippen LogP) is 5.90. The average molecular weight is 595 g/mol. The van der Waals surface area contributed by atoms with E-state index in [1.165, 1.54) is 0 Å². The molecule has 0 aliphatic heterocycles. The largest absolute Gasteiger partial charge is 0.493 e. The second-order valence-electron chi connectivity index (χ2n) is 12.4. The summed E-state index contributed by atoms with van der Waals surface area (Å²) in [6.07, 6.45) is 2.62. The minimum atomic E-state index is -0.925. The first-order valence-electron chi connectivity index (χ1n) is 15.6. The van der Waals surface area contributed by atoms with Crippen molar-refractivity contribution in [3.8, 4) is 11.5 Å². The van der Waals surface area contributed by atoms with E-state index in [-0.39, 0.29) is 24.2 Å². The number of aliphatic hydroxyl groups is 1. The van der Waals surface area contributed by atoms with Crippen molar-refractivity contribution in [2.24, 2.45) is 17.8 Å². The molecule has 0 aliphatic carbocycles. The van der Waals surface area contributed by atoms with E-state index in [1.807, 2.05) is 32.0 Å². The van der Waals surface area contributed by atoms with Gasteiger partial charge in [-0.25, -0.2) is 4.79 Å². The first-order chi connectivity index (χ1) is 19.8. The van der Waals surface area contributed by atoms with Gasteiger partial charge in [0.05, 0.1) is 25.9 Å². The molecular formula is C33H58N2O7. The highest BCUT2D eigenvalue weighted by Crippen LogP contribution is 2.32. The zero-order chi connectivity index (χ0) is 31.7. The summed E-state index contributed by atoms with van der Waals surface area (Å²) >= 11 is 0. The van der Waals surface area contributed by atoms with Crippen LogP contribution in [0.25, 0.3) is 0 Å². The molecule has 0 heterocycles. The highest BCUT2D eigenvalue weighted by Gasteiger charge is 2.31. The van der Waals surface area contributed by atoms with Crippen molar-refractivity contribution in [1.29, 1.82) is 0 Å². The zero-order valence-corrected chi connectivity index (χ0v) is 27.6. The quantitative estimate of drug-likeness (QED) is 0.161. The van der Waals surface area contributed by atoms with Gasteiger partial charge >= 0.3 is 6.09 Å². The standard InChI is InChI=1S/C33H58N2O7/c1-10-12-16-34-31(37)24(5)19-28(36)27(35-32(38)42-33(6,7)8)22-26(23(3)4)20-25-14-15-29(39-9)30(21-25)41-18-13-17-40-11-2/h14-15,21,23-24,26-28,36H,10-13,16-20,22H2,1-9H3,(H,34,37)(H,35,38)/t24-,26+,27+,28+/m1/s1. The number of benzene rings is 1. The normalized spacial score (nSPS) is 14.5. The van der Waals surface area contributed by atoms with Crippen molar-refractivity contribution in [3.05, 3.63) is 23.8 Å². The maximum absolute atomic E-state index is 12.8. The van der Waals surface area contributed by atoms with Gasteiger partial charge in [-0.1, -0.05) is 40.2 Å². The smallest absolute Gasteiger partial charge is 0.407 e. The molecule has 0 unspecified atom stereocenters. The van der Waals surface area contributed by atoms with E-state index in [1.54, 1.807) is 27.9 Å². The van der Waals surface area contributed by atoms with Crippen LogP contribution < -0.4 is 20.1 Å². The SMILES string of the molecule is CCCCNC(=O)[C@H](C)C[C@H](O)[C@H](C[C@H](Cc1ccc(OC)c(OCCCOCC)c1)C(C)C)NC(=O)OC(C)(C)C. The summed E-state index contributed by atoms with van der Waals surface area (Å²) < 4.78 is 22.5. The lowest BCUT2D eigenvalue weighted by Crippen LogP contribution is -2.48. The van der Waals surface area contributed by atoms with Gasteiger partial charge in [0.25, 0.3) is 0 Å². The molecule has 0 saturated heterocycles. The predicted molar refractivity (Wildman–Crippen MR) is 167 cm³/mol. The van der Waals surface area contributed by atoms with Gasteiger partial charge in [0.2, 0.25) is 5.91 Å². The molecule has 0 fully saturated rings. The Kier molecular flexibility index (Phi) is 17.5. The van der Waals surface area contributed by atoms with Crippen LogP contribution in [0.2, 0.25) is 0 Å². The van der Waals surface area contributed by atoms with Crippen molar-refractivity contribution in [3.63, 3.8) is 0 Å². The number of ether oxygens (including phenoxy) is 4. The van der Waals surface area contributed by atoms with Crippen molar-refractivity contribution in [2.75, 3.05) is 33.5 Å². The van der Waals surface area contributed by atoms with Crippen LogP contribution in [0.5, 0.6) is 11.5 Å². The number of methoxy groups -OCH3 is 1. The van der Waals surface area contributed by atoms with Crippen LogP contribution in [0.4, 0.5) is 4.79 Å². The summed E-state index contributed by atoms with van der Waals surface area (Å²) in [5, 5.41) is 17.2. The summed E-state index contributed by atoms with van der Waals surface area (Å²) in [6.45, 7) is 18.0. The van der Waals surface area contributed by atoms with Gasteiger partial charge in [0.1, 0.15) is 5.60 Å². The van der Waals surface area contributed by atoms with Crippen LogP contribution in [0.3, 0.4) is 0 Å². The van der Waals surface area contributed by atoms with Gasteiger partial charge in [-0.15, -0.1) is 0 Å². The molecule has 1 aromatic rings. The van der Waals surface area contributed by atoms with Crippen LogP contribution in [-0.2, 0) is 20.7 Å². The lowest BCUT2D eigenvalue weighted by atomic mass is 9.82. The van der Waals surface area contributed by atoms with E-state index in [0.717, 1.165) is 24.8 Å². The molecule has 1 rings (SSSR count). The third kappa shape index (κ3) is 15.1. The van der Waals surface area contributed by atoms with Crippen LogP contribution in [0.1, 0.15) is 93.1 Å². The summed E-state index contributed by atoms with van der Waals surface area (Å²) in [7, 11) is 1.62. The molecule has 1 aromatic carbocycles. The minimum Gasteiger partial charge on any atom is -0.493 e. The molecule has 9 heteroatoms. The van der Waals surface area contributed by atoms with Crippen molar-refractivity contribution >= 4 is 12.0 Å². The second kappa shape index (κ2) is 19.6. The lowest BCUT2D eigenvalue weighted by Gasteiger charge is -2.32. The fraction of sp³-hybridized carbons (Fsp3) is 0.758. The summed E-state index contributed by atoms with van der Waals surface area (Å²) in [5.41, 5.74) is 0.398. The monoisotopic (exact) mass is 594 g/mol. The average Bonchev–Trinajstić information content (AvgIpc) is 2.91. The Labute approximate surface area is 254 Å². The minimum absolute atomic E-state index is 0.0917. The first kappa shape index (κ1) is 37.5. The number of aliphatic hydroxyl groups excluding tert-OH is 1. The van der Waals surface area contributed by atoms with Crippen molar-refractivity contribution in [2.45, 2.75) is 112 Å². The molecule has 4 atom stereocenters. The number of carbonyl (C=O) groups is 2. The van der Waals surface area contributed by atoms with Crippen LogP contribution in [0, 0.1) is 17.8 Å². The molecule has 0 aliphatic rings. The fourth-order valence-corrected chi connectivity index (χ4v) is 4.64. The lowest BCUT2D eigenvalue weighted by molar-refractivity contribution is -0.125. The maximum atomic E-state index is 12.8. The second-order valence-corrected chi connectivity index (χ2v) is 12.4. The molecule has 2 amide bonds. The zero-order valence-electron chi connectivity index (χ0n) is 27.6. The van der Waals surface area contributed by atoms with E-state index in [2.05, 4.69) is 31.4 Å². The molecule has 9 nitrogen and oxygen atoms in total. The van der Waals surface area contributed by atoms with E-state index < -0.39 is 29.8 Å². The first-order valence-corrected chi connectivity index (χ1v) is 15.6. The van der Waals surface area contributed by atoms with Crippen LogP contribution in [0.15, 0.2) is 18.2 Å². The van der Waals surface area contributed by atoms with Crippen LogP contribution >= 0.6 is 0 Å². The van der Waals surface area contributed by atoms with Gasteiger partial charge in [-0.2, -0.15) is 0 Å². The Morgan fingerprint density at radius 1 is 1.00 bits per heavy atom. The Morgan fingerprint density at radius 3 is 2.31 bits per heavy atom. The van der Waals surface area contributed by atoms with Gasteiger partial charge < -0.3 is 34.7 Å². The van der Waals surface area contributed by atoms with E-state index >= 15 is 0 Å². The number of amides is 2. The Bertz CT molecular complexity index is 916. The number of alkyl carbamates (subject to hydrolysis) is 1. The molecule has 242 valence electrons. The van der Waals surface area contributed by atoms with E-state index in [0.29, 0.717) is 50.7 Å². The van der Waals surface area contributed by atoms with Gasteiger partial charge in [0, 0.05) is 32.1 Å². The molecule has 0 spiro atoms. The molecule has 0 saturated carbocycles. The number of hydrogen-bond donors (Lipinski definition) is 3. The molecule has 3 N–H and O–H groups in total. The Hall–Kier alpha value is -2.52. The van der Waals surface area contributed by atoms with E-state index in [4.69, 9.17) is 18.9 Å². The van der Waals surface area contributed by atoms with Gasteiger partial charge in [-0.05, 0) is 82.9 Å². The summed E-state index contributed by atoms with van der Waals surface area (Å²) in [6, 6.07) is 5.35. The van der Waals surface area contributed by atoms with Gasteiger partial charge in [0.15, 0.2) is 11.5 Å². The molecule has 0 aromatic heterocycles. The fourth-order valence-electron chi connectivity index (χ4n) is 4.64. The molecular weight excluding hydrogens is 536 g/mol. The number of nitrogens with one attached hydrogen (secondary N) is 2. The third-order valence-electron chi connectivity index (χ3n) is 7.16. The highest BCUT2D eigenvalue weighted by molar-refractivity contribution is 5.78. The summed E-state index contributed by atoms with van der Waals surface area (Å²) in [4.78, 5) is 25.4. The van der Waals surface area contributed by atoms with E-state index in [9.17, 15) is 14.7 Å². The Morgan fingerprint density at radius 2 is 1.71 bits per heavy atom. The molecule has 42 heavy (non-hydrogen) atoms. The summed E-state index contributed by atoms with van der Waals surface area (Å²) in [5.74, 6) is 1.23. The van der Waals surface area contributed by atoms with Crippen molar-refractivity contribution in [1.82, 2.24) is 10.6 Å². The third-order valence-corrected chi connectivity index (χ3v) is 7.16. The van der Waals surface area contributed by atoms with Crippen molar-refractivity contribution < 1.29 is 33.6 Å². The number of unbranched alkanes of at least 4 members (excludes halogenated alkanes) is 1. The topological polar surface area (TPSA) is 115 Å². The highest BCUT2D eigenvalue weighted by atomic mass is 16.6.